The van der Waals surface area contributed by atoms with Gasteiger partial charge in [-0.05, 0) is 18.2 Å². The van der Waals surface area contributed by atoms with E-state index in [0.29, 0.717) is 6.07 Å². The van der Waals surface area contributed by atoms with Gasteiger partial charge in [-0.15, -0.1) is 0 Å². The van der Waals surface area contributed by atoms with Crippen molar-refractivity contribution in [3.05, 3.63) is 52.0 Å². The average Bonchev–Trinajstić information content (AvgIpc) is 2.29. The first-order valence-electron chi connectivity index (χ1n) is 4.85. The highest BCUT2D eigenvalue weighted by Crippen LogP contribution is 2.35. The van der Waals surface area contributed by atoms with Crippen molar-refractivity contribution in [2.45, 2.75) is 0 Å². The van der Waals surface area contributed by atoms with Crippen LogP contribution in [0.5, 0.6) is 11.5 Å². The summed E-state index contributed by atoms with van der Waals surface area (Å²) in [6.45, 7) is 0. The molecule has 2 aromatic carbocycles. The quantitative estimate of drug-likeness (QED) is 0.817. The highest BCUT2D eigenvalue weighted by molar-refractivity contribution is 6.42. The van der Waals surface area contributed by atoms with Crippen LogP contribution >= 0.6 is 23.2 Å². The molecule has 0 atom stereocenters. The van der Waals surface area contributed by atoms with Crippen molar-refractivity contribution >= 4 is 28.9 Å². The Labute approximate surface area is 112 Å². The molecule has 2 rings (SSSR count). The molecule has 0 radical (unpaired) electrons. The molecule has 0 aromatic heterocycles. The highest BCUT2D eigenvalue weighted by atomic mass is 35.5. The summed E-state index contributed by atoms with van der Waals surface area (Å²) in [5.41, 5.74) is 5.86. The second-order valence-electron chi connectivity index (χ2n) is 3.48. The van der Waals surface area contributed by atoms with E-state index in [1.54, 1.807) is 0 Å². The van der Waals surface area contributed by atoms with E-state index in [4.69, 9.17) is 33.7 Å². The zero-order chi connectivity index (χ0) is 13.3. The molecule has 0 heterocycles. The molecule has 0 unspecified atom stereocenters. The van der Waals surface area contributed by atoms with E-state index in [2.05, 4.69) is 0 Å². The highest BCUT2D eigenvalue weighted by Gasteiger charge is 2.10. The summed E-state index contributed by atoms with van der Waals surface area (Å²) in [5.74, 6) is -1.53. The second-order valence-corrected chi connectivity index (χ2v) is 4.30. The van der Waals surface area contributed by atoms with Gasteiger partial charge in [0.05, 0.1) is 15.7 Å². The van der Waals surface area contributed by atoms with Crippen molar-refractivity contribution in [2.24, 2.45) is 0 Å². The first-order valence-corrected chi connectivity index (χ1v) is 5.60. The zero-order valence-electron chi connectivity index (χ0n) is 8.88. The van der Waals surface area contributed by atoms with Crippen molar-refractivity contribution in [3.63, 3.8) is 0 Å². The molecule has 2 N–H and O–H groups in total. The van der Waals surface area contributed by atoms with Gasteiger partial charge >= 0.3 is 0 Å². The number of benzene rings is 2. The van der Waals surface area contributed by atoms with Crippen molar-refractivity contribution in [3.8, 4) is 11.5 Å². The number of halogens is 4. The molecule has 0 saturated carbocycles. The molecule has 0 bridgehead atoms. The molecular weight excluding hydrogens is 283 g/mol. The molecule has 0 fully saturated rings. The van der Waals surface area contributed by atoms with E-state index in [-0.39, 0.29) is 27.2 Å². The minimum atomic E-state index is -0.833. The molecule has 0 aliphatic heterocycles. The van der Waals surface area contributed by atoms with Gasteiger partial charge in [-0.3, -0.25) is 0 Å². The van der Waals surface area contributed by atoms with Gasteiger partial charge in [-0.25, -0.2) is 8.78 Å². The van der Waals surface area contributed by atoms with Crippen molar-refractivity contribution in [2.75, 3.05) is 5.73 Å². The molecule has 0 amide bonds. The van der Waals surface area contributed by atoms with Crippen molar-refractivity contribution in [1.82, 2.24) is 0 Å². The molecule has 0 saturated heterocycles. The Morgan fingerprint density at radius 1 is 0.944 bits per heavy atom. The van der Waals surface area contributed by atoms with E-state index in [9.17, 15) is 8.78 Å². The number of hydrogen-bond donors (Lipinski definition) is 1. The van der Waals surface area contributed by atoms with Crippen LogP contribution in [0.25, 0.3) is 0 Å². The molecule has 0 aliphatic carbocycles. The largest absolute Gasteiger partial charge is 0.452 e. The third-order valence-electron chi connectivity index (χ3n) is 2.17. The van der Waals surface area contributed by atoms with Gasteiger partial charge in [0, 0.05) is 12.1 Å². The predicted octanol–water partition coefficient (Wildman–Crippen LogP) is 4.65. The molecule has 94 valence electrons. The van der Waals surface area contributed by atoms with Gasteiger partial charge in [0.15, 0.2) is 17.3 Å². The molecule has 0 spiro atoms. The summed E-state index contributed by atoms with van der Waals surface area (Å²) in [7, 11) is 0. The summed E-state index contributed by atoms with van der Waals surface area (Å²) < 4.78 is 31.3. The van der Waals surface area contributed by atoms with Crippen LogP contribution in [0.3, 0.4) is 0 Å². The van der Waals surface area contributed by atoms with Crippen LogP contribution in [0.4, 0.5) is 14.5 Å². The standard InChI is InChI=1S/C12H7Cl2F2NO/c13-7-4-10(17)12(5-8(7)14)18-11-2-1-6(15)3-9(11)16/h1-5H,17H2. The van der Waals surface area contributed by atoms with Gasteiger partial charge in [0.25, 0.3) is 0 Å². The van der Waals surface area contributed by atoms with Gasteiger partial charge < -0.3 is 10.5 Å². The van der Waals surface area contributed by atoms with E-state index < -0.39 is 11.6 Å². The van der Waals surface area contributed by atoms with E-state index >= 15 is 0 Å². The summed E-state index contributed by atoms with van der Waals surface area (Å²) in [4.78, 5) is 0. The number of rotatable bonds is 2. The third-order valence-corrected chi connectivity index (χ3v) is 2.89. The van der Waals surface area contributed by atoms with E-state index in [1.807, 2.05) is 0 Å². The lowest BCUT2D eigenvalue weighted by Gasteiger charge is -2.10. The number of ether oxygens (including phenoxy) is 1. The summed E-state index contributed by atoms with van der Waals surface area (Å²) in [6.07, 6.45) is 0. The lowest BCUT2D eigenvalue weighted by Crippen LogP contribution is -1.94. The fourth-order valence-corrected chi connectivity index (χ4v) is 1.63. The summed E-state index contributed by atoms with van der Waals surface area (Å²) in [5, 5.41) is 0.490. The Bertz CT molecular complexity index is 605. The fourth-order valence-electron chi connectivity index (χ4n) is 1.31. The van der Waals surface area contributed by atoms with Gasteiger partial charge in [-0.1, -0.05) is 23.2 Å². The summed E-state index contributed by atoms with van der Waals surface area (Å²) in [6, 6.07) is 5.70. The average molecular weight is 290 g/mol. The Morgan fingerprint density at radius 3 is 2.28 bits per heavy atom. The number of hydrogen-bond acceptors (Lipinski definition) is 2. The monoisotopic (exact) mass is 289 g/mol. The van der Waals surface area contributed by atoms with Crippen LogP contribution in [-0.4, -0.2) is 0 Å². The first kappa shape index (κ1) is 12.9. The first-order chi connectivity index (χ1) is 8.47. The summed E-state index contributed by atoms with van der Waals surface area (Å²) >= 11 is 11.5. The molecule has 0 aliphatic rings. The molecule has 2 nitrogen and oxygen atoms in total. The van der Waals surface area contributed by atoms with Gasteiger partial charge in [0.2, 0.25) is 0 Å². The smallest absolute Gasteiger partial charge is 0.168 e. The van der Waals surface area contributed by atoms with Crippen LogP contribution in [0.2, 0.25) is 10.0 Å². The number of anilines is 1. The van der Waals surface area contributed by atoms with Crippen LogP contribution in [-0.2, 0) is 0 Å². The molecular formula is C12H7Cl2F2NO. The zero-order valence-corrected chi connectivity index (χ0v) is 10.4. The van der Waals surface area contributed by atoms with Crippen molar-refractivity contribution in [1.29, 1.82) is 0 Å². The maximum atomic E-state index is 13.4. The van der Waals surface area contributed by atoms with Crippen LogP contribution < -0.4 is 10.5 Å². The van der Waals surface area contributed by atoms with Gasteiger partial charge in [0.1, 0.15) is 5.82 Å². The lowest BCUT2D eigenvalue weighted by molar-refractivity contribution is 0.439. The fraction of sp³-hybridized carbons (Fsp3) is 0. The SMILES string of the molecule is Nc1cc(Cl)c(Cl)cc1Oc1ccc(F)cc1F. The van der Waals surface area contributed by atoms with Gasteiger partial charge in [-0.2, -0.15) is 0 Å². The number of nitrogen functional groups attached to an aromatic ring is 1. The second kappa shape index (κ2) is 5.00. The Morgan fingerprint density at radius 2 is 1.61 bits per heavy atom. The molecule has 6 heteroatoms. The topological polar surface area (TPSA) is 35.2 Å². The van der Waals surface area contributed by atoms with Crippen LogP contribution in [0, 0.1) is 11.6 Å². The van der Waals surface area contributed by atoms with E-state index in [1.165, 1.54) is 12.1 Å². The Hall–Kier alpha value is -1.52. The minimum absolute atomic E-state index is 0.148. The third kappa shape index (κ3) is 2.66. The minimum Gasteiger partial charge on any atom is -0.452 e. The number of nitrogens with two attached hydrogens (primary N) is 1. The lowest BCUT2D eigenvalue weighted by atomic mass is 10.3. The maximum absolute atomic E-state index is 13.4. The Kier molecular flexibility index (Phi) is 3.59. The molecule has 18 heavy (non-hydrogen) atoms. The Balaban J connectivity index is 2.37. The van der Waals surface area contributed by atoms with Crippen molar-refractivity contribution < 1.29 is 13.5 Å². The normalized spacial score (nSPS) is 10.4. The van der Waals surface area contributed by atoms with Crippen LogP contribution in [0.15, 0.2) is 30.3 Å². The predicted molar refractivity (Wildman–Crippen MR) is 67.3 cm³/mol. The molecule has 2 aromatic rings. The van der Waals surface area contributed by atoms with Crippen LogP contribution in [0.1, 0.15) is 0 Å². The maximum Gasteiger partial charge on any atom is 0.168 e. The van der Waals surface area contributed by atoms with E-state index in [0.717, 1.165) is 12.1 Å².